The number of ether oxygens (including phenoxy) is 2. The summed E-state index contributed by atoms with van der Waals surface area (Å²) in [5, 5.41) is 0. The van der Waals surface area contributed by atoms with Gasteiger partial charge in [0.15, 0.2) is 5.49 Å². The summed E-state index contributed by atoms with van der Waals surface area (Å²) in [6.45, 7) is 3.38. The zero-order valence-electron chi connectivity index (χ0n) is 17.8. The standard InChI is InChI=1S/C22H26F3N3O3/c1-21(8-9-21)18-12-19(28(27(18)2)13-15-5-4-10-31-15)26-20(29)16-11-14(22(23,24)25)6-7-17(16)30-3/h6-7,11-12,15H,4-5,8-10,13H2,1-3H3/b26-19+/t15-/m1/s1. The number of carbonyl (C=O) groups excluding carboxylic acids is 1. The maximum Gasteiger partial charge on any atom is 0.416 e. The largest absolute Gasteiger partial charge is 0.496 e. The molecule has 1 aromatic carbocycles. The van der Waals surface area contributed by atoms with E-state index in [0.29, 0.717) is 18.6 Å². The maximum absolute atomic E-state index is 13.2. The Kier molecular flexibility index (Phi) is 5.49. The molecule has 0 N–H and O–H groups in total. The number of rotatable bonds is 5. The first-order chi connectivity index (χ1) is 14.6. The minimum atomic E-state index is -4.57. The average Bonchev–Trinajstić information content (AvgIpc) is 3.12. The molecule has 2 aromatic rings. The smallest absolute Gasteiger partial charge is 0.416 e. The van der Waals surface area contributed by atoms with Gasteiger partial charge in [0.25, 0.3) is 5.91 Å². The molecule has 1 saturated carbocycles. The normalized spacial score (nSPS) is 20.8. The van der Waals surface area contributed by atoms with Gasteiger partial charge in [-0.25, -0.2) is 0 Å². The number of hydrogen-bond donors (Lipinski definition) is 0. The fraction of sp³-hybridized carbons (Fsp3) is 0.545. The van der Waals surface area contributed by atoms with E-state index in [-0.39, 0.29) is 22.8 Å². The third-order valence-corrected chi connectivity index (χ3v) is 6.23. The second-order valence-corrected chi connectivity index (χ2v) is 8.52. The van der Waals surface area contributed by atoms with Gasteiger partial charge in [-0.15, -0.1) is 0 Å². The average molecular weight is 437 g/mol. The number of aromatic nitrogens is 2. The summed E-state index contributed by atoms with van der Waals surface area (Å²) in [4.78, 5) is 17.2. The van der Waals surface area contributed by atoms with Crippen LogP contribution in [0.2, 0.25) is 0 Å². The van der Waals surface area contributed by atoms with Gasteiger partial charge < -0.3 is 9.47 Å². The molecular formula is C22H26F3N3O3. The minimum absolute atomic E-state index is 0.0191. The summed E-state index contributed by atoms with van der Waals surface area (Å²) in [7, 11) is 3.23. The number of amides is 1. The SMILES string of the molecule is COc1ccc(C(F)(F)F)cc1C(=O)/N=c1\cc(C2(C)CC2)n(C)n1C[C@H]1CCCO1. The van der Waals surface area contributed by atoms with Crippen LogP contribution in [0.15, 0.2) is 29.3 Å². The highest BCUT2D eigenvalue weighted by molar-refractivity contribution is 5.97. The molecule has 1 aliphatic heterocycles. The van der Waals surface area contributed by atoms with Crippen molar-refractivity contribution in [3.8, 4) is 5.75 Å². The van der Waals surface area contributed by atoms with Crippen molar-refractivity contribution in [3.05, 3.63) is 46.6 Å². The van der Waals surface area contributed by atoms with E-state index in [1.54, 1.807) is 0 Å². The number of halogens is 3. The number of nitrogens with zero attached hydrogens (tertiary/aromatic N) is 3. The van der Waals surface area contributed by atoms with Crippen LogP contribution >= 0.6 is 0 Å². The topological polar surface area (TPSA) is 57.8 Å². The highest BCUT2D eigenvalue weighted by Crippen LogP contribution is 2.47. The fourth-order valence-corrected chi connectivity index (χ4v) is 4.09. The molecule has 0 unspecified atom stereocenters. The van der Waals surface area contributed by atoms with Gasteiger partial charge in [0.1, 0.15) is 5.75 Å². The second kappa shape index (κ2) is 7.85. The van der Waals surface area contributed by atoms with Crippen LogP contribution in [-0.2, 0) is 29.9 Å². The van der Waals surface area contributed by atoms with Crippen molar-refractivity contribution in [2.75, 3.05) is 13.7 Å². The summed E-state index contributed by atoms with van der Waals surface area (Å²) in [5.74, 6) is -0.722. The first-order valence-corrected chi connectivity index (χ1v) is 10.4. The molecule has 1 aliphatic carbocycles. The number of benzene rings is 1. The Balaban J connectivity index is 1.78. The zero-order valence-corrected chi connectivity index (χ0v) is 17.8. The van der Waals surface area contributed by atoms with E-state index in [4.69, 9.17) is 9.47 Å². The summed E-state index contributed by atoms with van der Waals surface area (Å²) in [5.41, 5.74) is 0.346. The van der Waals surface area contributed by atoms with Gasteiger partial charge in [-0.05, 0) is 43.9 Å². The van der Waals surface area contributed by atoms with Gasteiger partial charge in [0.05, 0.1) is 30.9 Å². The summed E-state index contributed by atoms with van der Waals surface area (Å²) in [6, 6.07) is 4.69. The van der Waals surface area contributed by atoms with E-state index in [0.717, 1.165) is 49.6 Å². The minimum Gasteiger partial charge on any atom is -0.496 e. The van der Waals surface area contributed by atoms with E-state index in [1.165, 1.54) is 7.11 Å². The molecule has 31 heavy (non-hydrogen) atoms. The van der Waals surface area contributed by atoms with E-state index < -0.39 is 17.6 Å². The zero-order chi connectivity index (χ0) is 22.4. The molecule has 1 aromatic heterocycles. The van der Waals surface area contributed by atoms with Crippen LogP contribution in [0.1, 0.15) is 54.2 Å². The van der Waals surface area contributed by atoms with Crippen LogP contribution < -0.4 is 10.2 Å². The van der Waals surface area contributed by atoms with Crippen molar-refractivity contribution in [2.45, 2.75) is 56.8 Å². The van der Waals surface area contributed by atoms with Crippen LogP contribution in [0.25, 0.3) is 0 Å². The third kappa shape index (κ3) is 4.28. The van der Waals surface area contributed by atoms with E-state index >= 15 is 0 Å². The maximum atomic E-state index is 13.2. The molecule has 9 heteroatoms. The Morgan fingerprint density at radius 2 is 2.06 bits per heavy atom. The Morgan fingerprint density at radius 1 is 1.32 bits per heavy atom. The van der Waals surface area contributed by atoms with Crippen LogP contribution in [0.5, 0.6) is 5.75 Å². The molecule has 0 spiro atoms. The highest BCUT2D eigenvalue weighted by Gasteiger charge is 2.42. The molecule has 1 atom stereocenters. The Hall–Kier alpha value is -2.55. The highest BCUT2D eigenvalue weighted by atomic mass is 19.4. The van der Waals surface area contributed by atoms with Crippen LogP contribution in [0.3, 0.4) is 0 Å². The van der Waals surface area contributed by atoms with E-state index in [2.05, 4.69) is 11.9 Å². The van der Waals surface area contributed by atoms with Gasteiger partial charge in [0.2, 0.25) is 0 Å². The van der Waals surface area contributed by atoms with Crippen LogP contribution in [0, 0.1) is 0 Å². The van der Waals surface area contributed by atoms with Crippen LogP contribution in [-0.4, -0.2) is 35.1 Å². The van der Waals surface area contributed by atoms with Gasteiger partial charge in [-0.2, -0.15) is 18.2 Å². The predicted molar refractivity (Wildman–Crippen MR) is 107 cm³/mol. The third-order valence-electron chi connectivity index (χ3n) is 6.23. The second-order valence-electron chi connectivity index (χ2n) is 8.52. The first kappa shape index (κ1) is 21.7. The Morgan fingerprint density at radius 3 is 2.65 bits per heavy atom. The molecule has 2 aliphatic rings. The van der Waals surface area contributed by atoms with Crippen molar-refractivity contribution < 1.29 is 27.4 Å². The lowest BCUT2D eigenvalue weighted by molar-refractivity contribution is -0.137. The number of carbonyl (C=O) groups is 1. The predicted octanol–water partition coefficient (Wildman–Crippen LogP) is 3.83. The van der Waals surface area contributed by atoms with E-state index in [9.17, 15) is 18.0 Å². The summed E-state index contributed by atoms with van der Waals surface area (Å²) in [6.07, 6.45) is -0.571. The van der Waals surface area contributed by atoms with Crippen molar-refractivity contribution in [1.29, 1.82) is 0 Å². The van der Waals surface area contributed by atoms with Gasteiger partial charge >= 0.3 is 6.18 Å². The number of methoxy groups -OCH3 is 1. The molecule has 0 radical (unpaired) electrons. The number of alkyl halides is 3. The number of hydrogen-bond acceptors (Lipinski definition) is 3. The van der Waals surface area contributed by atoms with Crippen LogP contribution in [0.4, 0.5) is 13.2 Å². The van der Waals surface area contributed by atoms with Crippen molar-refractivity contribution in [1.82, 2.24) is 9.36 Å². The van der Waals surface area contributed by atoms with Crippen molar-refractivity contribution in [3.63, 3.8) is 0 Å². The fourth-order valence-electron chi connectivity index (χ4n) is 4.09. The molecule has 0 bridgehead atoms. The first-order valence-electron chi connectivity index (χ1n) is 10.4. The lowest BCUT2D eigenvalue weighted by atomic mass is 10.1. The Bertz CT molecular complexity index is 1060. The molecule has 168 valence electrons. The summed E-state index contributed by atoms with van der Waals surface area (Å²) >= 11 is 0. The molecular weight excluding hydrogens is 411 g/mol. The molecule has 2 heterocycles. The molecule has 4 rings (SSSR count). The molecule has 1 amide bonds. The van der Waals surface area contributed by atoms with Gasteiger partial charge in [-0.1, -0.05) is 6.92 Å². The Labute approximate surface area is 178 Å². The lowest BCUT2D eigenvalue weighted by Gasteiger charge is -2.17. The van der Waals surface area contributed by atoms with Gasteiger partial charge in [-0.3, -0.25) is 14.2 Å². The molecule has 2 fully saturated rings. The lowest BCUT2D eigenvalue weighted by Crippen LogP contribution is -2.30. The van der Waals surface area contributed by atoms with Gasteiger partial charge in [0, 0.05) is 30.8 Å². The molecule has 6 nitrogen and oxygen atoms in total. The summed E-state index contributed by atoms with van der Waals surface area (Å²) < 4.78 is 54.3. The molecule has 1 saturated heterocycles. The van der Waals surface area contributed by atoms with E-state index in [1.807, 2.05) is 22.5 Å². The quantitative estimate of drug-likeness (QED) is 0.715. The van der Waals surface area contributed by atoms with Crippen molar-refractivity contribution >= 4 is 5.91 Å². The monoisotopic (exact) mass is 437 g/mol. The van der Waals surface area contributed by atoms with Crippen molar-refractivity contribution in [2.24, 2.45) is 12.0 Å².